The standard InChI is InChI=1S/C12H17NO2/c1-8(13-7-9-2-3-9)10-4-11(14)6-12(15)5-10/h4-6,8-9,13-15H,2-3,7H2,1H3. The molecule has 0 amide bonds. The highest BCUT2D eigenvalue weighted by atomic mass is 16.3. The smallest absolute Gasteiger partial charge is 0.119 e. The quantitative estimate of drug-likeness (QED) is 0.709. The number of benzene rings is 1. The maximum absolute atomic E-state index is 9.34. The van der Waals surface area contributed by atoms with E-state index in [9.17, 15) is 10.2 Å². The predicted octanol–water partition coefficient (Wildman–Crippen LogP) is 2.16. The lowest BCUT2D eigenvalue weighted by Crippen LogP contribution is -2.20. The van der Waals surface area contributed by atoms with Crippen LogP contribution in [-0.2, 0) is 0 Å². The second-order valence-electron chi connectivity index (χ2n) is 4.36. The highest BCUT2D eigenvalue weighted by Gasteiger charge is 2.21. The lowest BCUT2D eigenvalue weighted by molar-refractivity contribution is 0.445. The topological polar surface area (TPSA) is 52.5 Å². The van der Waals surface area contributed by atoms with Gasteiger partial charge >= 0.3 is 0 Å². The maximum atomic E-state index is 9.34. The van der Waals surface area contributed by atoms with E-state index in [0.29, 0.717) is 0 Å². The summed E-state index contributed by atoms with van der Waals surface area (Å²) in [5, 5.41) is 22.1. The van der Waals surface area contributed by atoms with Crippen LogP contribution in [0.5, 0.6) is 11.5 Å². The van der Waals surface area contributed by atoms with E-state index in [0.717, 1.165) is 18.0 Å². The Kier molecular flexibility index (Phi) is 2.82. The number of nitrogens with one attached hydrogen (secondary N) is 1. The van der Waals surface area contributed by atoms with E-state index in [1.54, 1.807) is 12.1 Å². The Morgan fingerprint density at radius 2 is 1.87 bits per heavy atom. The van der Waals surface area contributed by atoms with Gasteiger partial charge in [-0.3, -0.25) is 0 Å². The van der Waals surface area contributed by atoms with Gasteiger partial charge in [0.15, 0.2) is 0 Å². The molecule has 2 rings (SSSR count). The first-order chi connectivity index (χ1) is 7.15. The molecule has 0 spiro atoms. The largest absolute Gasteiger partial charge is 0.508 e. The molecule has 0 aromatic heterocycles. The van der Waals surface area contributed by atoms with Crippen molar-refractivity contribution in [2.45, 2.75) is 25.8 Å². The average molecular weight is 207 g/mol. The van der Waals surface area contributed by atoms with Crippen molar-refractivity contribution in [2.75, 3.05) is 6.54 Å². The fraction of sp³-hybridized carbons (Fsp3) is 0.500. The summed E-state index contributed by atoms with van der Waals surface area (Å²) >= 11 is 0. The Labute approximate surface area is 89.8 Å². The first-order valence-corrected chi connectivity index (χ1v) is 5.41. The Bertz CT molecular complexity index is 327. The van der Waals surface area contributed by atoms with E-state index in [1.807, 2.05) is 6.92 Å². The molecule has 3 nitrogen and oxygen atoms in total. The van der Waals surface area contributed by atoms with E-state index < -0.39 is 0 Å². The van der Waals surface area contributed by atoms with Crippen LogP contribution >= 0.6 is 0 Å². The highest BCUT2D eigenvalue weighted by Crippen LogP contribution is 2.29. The molecular formula is C12H17NO2. The molecule has 1 fully saturated rings. The summed E-state index contributed by atoms with van der Waals surface area (Å²) in [4.78, 5) is 0. The van der Waals surface area contributed by atoms with Crippen LogP contribution in [0.3, 0.4) is 0 Å². The van der Waals surface area contributed by atoms with Crippen LogP contribution in [0.4, 0.5) is 0 Å². The zero-order valence-corrected chi connectivity index (χ0v) is 8.90. The van der Waals surface area contributed by atoms with Crippen LogP contribution in [0.1, 0.15) is 31.4 Å². The fourth-order valence-electron chi connectivity index (χ4n) is 1.65. The third-order valence-corrected chi connectivity index (χ3v) is 2.83. The van der Waals surface area contributed by atoms with Gasteiger partial charge in [0, 0.05) is 12.1 Å². The van der Waals surface area contributed by atoms with Gasteiger partial charge in [0.25, 0.3) is 0 Å². The molecule has 15 heavy (non-hydrogen) atoms. The molecule has 82 valence electrons. The highest BCUT2D eigenvalue weighted by molar-refractivity contribution is 5.37. The predicted molar refractivity (Wildman–Crippen MR) is 58.9 cm³/mol. The summed E-state index contributed by atoms with van der Waals surface area (Å²) in [6.45, 7) is 3.06. The van der Waals surface area contributed by atoms with E-state index in [-0.39, 0.29) is 17.5 Å². The third kappa shape index (κ3) is 2.86. The van der Waals surface area contributed by atoms with Crippen LogP contribution in [0.15, 0.2) is 18.2 Å². The minimum Gasteiger partial charge on any atom is -0.508 e. The SMILES string of the molecule is CC(NCC1CC1)c1cc(O)cc(O)c1. The summed E-state index contributed by atoms with van der Waals surface area (Å²) in [5.74, 6) is 1.06. The Morgan fingerprint density at radius 1 is 1.27 bits per heavy atom. The van der Waals surface area contributed by atoms with Crippen molar-refractivity contribution in [3.8, 4) is 11.5 Å². The van der Waals surface area contributed by atoms with Crippen molar-refractivity contribution < 1.29 is 10.2 Å². The molecule has 0 radical (unpaired) electrons. The number of hydrogen-bond acceptors (Lipinski definition) is 3. The molecule has 1 aromatic rings. The van der Waals surface area contributed by atoms with Gasteiger partial charge in [-0.1, -0.05) is 0 Å². The number of phenolic OH excluding ortho intramolecular Hbond substituents is 2. The maximum Gasteiger partial charge on any atom is 0.119 e. The van der Waals surface area contributed by atoms with E-state index in [1.165, 1.54) is 18.9 Å². The van der Waals surface area contributed by atoms with Gasteiger partial charge in [-0.05, 0) is 49.9 Å². The van der Waals surface area contributed by atoms with Crippen molar-refractivity contribution in [2.24, 2.45) is 5.92 Å². The summed E-state index contributed by atoms with van der Waals surface area (Å²) in [6, 6.07) is 4.88. The number of hydrogen-bond donors (Lipinski definition) is 3. The molecule has 1 saturated carbocycles. The molecule has 1 aromatic carbocycles. The molecular weight excluding hydrogens is 190 g/mol. The molecule has 1 aliphatic rings. The molecule has 0 heterocycles. The minimum absolute atomic E-state index is 0.116. The van der Waals surface area contributed by atoms with E-state index in [4.69, 9.17) is 0 Å². The van der Waals surface area contributed by atoms with Crippen molar-refractivity contribution in [1.29, 1.82) is 0 Å². The Morgan fingerprint density at radius 3 is 2.40 bits per heavy atom. The third-order valence-electron chi connectivity index (χ3n) is 2.83. The van der Waals surface area contributed by atoms with Crippen molar-refractivity contribution in [3.63, 3.8) is 0 Å². The zero-order valence-electron chi connectivity index (χ0n) is 8.90. The van der Waals surface area contributed by atoms with Crippen LogP contribution in [0.2, 0.25) is 0 Å². The lowest BCUT2D eigenvalue weighted by Gasteiger charge is -2.14. The number of rotatable bonds is 4. The van der Waals surface area contributed by atoms with Crippen LogP contribution < -0.4 is 5.32 Å². The van der Waals surface area contributed by atoms with Crippen molar-refractivity contribution >= 4 is 0 Å². The normalized spacial score (nSPS) is 17.7. The van der Waals surface area contributed by atoms with Crippen molar-refractivity contribution in [1.82, 2.24) is 5.32 Å². The number of aromatic hydroxyl groups is 2. The fourth-order valence-corrected chi connectivity index (χ4v) is 1.65. The van der Waals surface area contributed by atoms with Crippen LogP contribution in [-0.4, -0.2) is 16.8 Å². The second-order valence-corrected chi connectivity index (χ2v) is 4.36. The van der Waals surface area contributed by atoms with Crippen LogP contribution in [0.25, 0.3) is 0 Å². The van der Waals surface area contributed by atoms with Crippen LogP contribution in [0, 0.1) is 5.92 Å². The minimum atomic E-state index is 0.116. The molecule has 3 heteroatoms. The monoisotopic (exact) mass is 207 g/mol. The summed E-state index contributed by atoms with van der Waals surface area (Å²) in [6.07, 6.45) is 2.65. The van der Waals surface area contributed by atoms with Gasteiger partial charge in [0.1, 0.15) is 11.5 Å². The molecule has 1 aliphatic carbocycles. The van der Waals surface area contributed by atoms with E-state index in [2.05, 4.69) is 5.32 Å². The first-order valence-electron chi connectivity index (χ1n) is 5.41. The van der Waals surface area contributed by atoms with Crippen molar-refractivity contribution in [3.05, 3.63) is 23.8 Å². The van der Waals surface area contributed by atoms with Gasteiger partial charge in [-0.2, -0.15) is 0 Å². The lowest BCUT2D eigenvalue weighted by atomic mass is 10.1. The van der Waals surface area contributed by atoms with Gasteiger partial charge in [-0.25, -0.2) is 0 Å². The molecule has 0 bridgehead atoms. The average Bonchev–Trinajstić information content (AvgIpc) is 2.96. The molecule has 0 saturated heterocycles. The zero-order chi connectivity index (χ0) is 10.8. The van der Waals surface area contributed by atoms with Gasteiger partial charge in [0.2, 0.25) is 0 Å². The van der Waals surface area contributed by atoms with Gasteiger partial charge in [-0.15, -0.1) is 0 Å². The Balaban J connectivity index is 1.99. The Hall–Kier alpha value is -1.22. The van der Waals surface area contributed by atoms with Gasteiger partial charge in [0.05, 0.1) is 0 Å². The molecule has 1 atom stereocenters. The first kappa shape index (κ1) is 10.3. The second kappa shape index (κ2) is 4.11. The summed E-state index contributed by atoms with van der Waals surface area (Å²) in [7, 11) is 0. The van der Waals surface area contributed by atoms with E-state index >= 15 is 0 Å². The molecule has 3 N–H and O–H groups in total. The number of phenols is 2. The molecule has 0 aliphatic heterocycles. The summed E-state index contributed by atoms with van der Waals surface area (Å²) in [5.41, 5.74) is 0.924. The molecule has 1 unspecified atom stereocenters. The van der Waals surface area contributed by atoms with Gasteiger partial charge < -0.3 is 15.5 Å². The summed E-state index contributed by atoms with van der Waals surface area (Å²) < 4.78 is 0.